The molecule has 0 atom stereocenters. The summed E-state index contributed by atoms with van der Waals surface area (Å²) in [6.07, 6.45) is 2.34. The molecule has 0 aliphatic heterocycles. The molecule has 1 rings (SSSR count). The molecule has 0 heterocycles. The highest BCUT2D eigenvalue weighted by atomic mass is 35.5. The molecular weight excluding hydrogens is 266 g/mol. The monoisotopic (exact) mass is 295 g/mol. The minimum Gasteiger partial charge on any atom is -0.371 e. The Hall–Kier alpha value is -0.690. The van der Waals surface area contributed by atoms with Gasteiger partial charge in [0, 0.05) is 23.8 Å². The van der Waals surface area contributed by atoms with Gasteiger partial charge in [0.1, 0.15) is 0 Å². The van der Waals surface area contributed by atoms with E-state index in [1.807, 2.05) is 0 Å². The standard InChI is InChI=1S/C18H30ClN/c1-7-11-20(12-8-2)18-15(13(3)4)9-10-16(19)17(18)14(5)6/h9-10,13-14H,7-8,11-12H2,1-6H3. The summed E-state index contributed by atoms with van der Waals surface area (Å²) < 4.78 is 0. The SMILES string of the molecule is CCCN(CCC)c1c(C(C)C)ccc(Cl)c1C(C)C. The van der Waals surface area contributed by atoms with Gasteiger partial charge in [-0.3, -0.25) is 0 Å². The van der Waals surface area contributed by atoms with Crippen LogP contribution in [0.15, 0.2) is 12.1 Å². The van der Waals surface area contributed by atoms with Gasteiger partial charge in [-0.1, -0.05) is 59.2 Å². The third kappa shape index (κ3) is 3.91. The molecule has 0 saturated carbocycles. The second kappa shape index (κ2) is 7.93. The van der Waals surface area contributed by atoms with E-state index in [0.717, 1.165) is 18.1 Å². The van der Waals surface area contributed by atoms with Gasteiger partial charge < -0.3 is 4.90 Å². The lowest BCUT2D eigenvalue weighted by atomic mass is 9.91. The van der Waals surface area contributed by atoms with E-state index >= 15 is 0 Å². The molecule has 0 saturated heterocycles. The summed E-state index contributed by atoms with van der Waals surface area (Å²) in [6.45, 7) is 15.7. The molecule has 0 fully saturated rings. The molecule has 0 spiro atoms. The van der Waals surface area contributed by atoms with Crippen LogP contribution in [0.2, 0.25) is 5.02 Å². The van der Waals surface area contributed by atoms with Crippen molar-refractivity contribution < 1.29 is 0 Å². The minimum atomic E-state index is 0.451. The molecule has 0 radical (unpaired) electrons. The Balaban J connectivity index is 3.46. The second-order valence-electron chi connectivity index (χ2n) is 6.20. The Labute approximate surface area is 130 Å². The minimum absolute atomic E-state index is 0.451. The summed E-state index contributed by atoms with van der Waals surface area (Å²) >= 11 is 6.52. The summed E-state index contributed by atoms with van der Waals surface area (Å²) in [5.41, 5.74) is 4.14. The van der Waals surface area contributed by atoms with E-state index in [4.69, 9.17) is 11.6 Å². The summed E-state index contributed by atoms with van der Waals surface area (Å²) in [6, 6.07) is 4.29. The van der Waals surface area contributed by atoms with E-state index < -0.39 is 0 Å². The predicted molar refractivity (Wildman–Crippen MR) is 92.4 cm³/mol. The number of rotatable bonds is 7. The summed E-state index contributed by atoms with van der Waals surface area (Å²) in [4.78, 5) is 2.54. The van der Waals surface area contributed by atoms with Crippen LogP contribution in [0.3, 0.4) is 0 Å². The van der Waals surface area contributed by atoms with E-state index in [2.05, 4.69) is 58.6 Å². The van der Waals surface area contributed by atoms with Crippen LogP contribution in [-0.2, 0) is 0 Å². The third-order valence-electron chi connectivity index (χ3n) is 3.70. The van der Waals surface area contributed by atoms with Gasteiger partial charge in [-0.2, -0.15) is 0 Å². The molecule has 0 N–H and O–H groups in total. The first-order valence-corrected chi connectivity index (χ1v) is 8.38. The first-order valence-electron chi connectivity index (χ1n) is 8.01. The Morgan fingerprint density at radius 1 is 0.950 bits per heavy atom. The third-order valence-corrected chi connectivity index (χ3v) is 4.03. The molecule has 20 heavy (non-hydrogen) atoms. The highest BCUT2D eigenvalue weighted by molar-refractivity contribution is 6.31. The van der Waals surface area contributed by atoms with Crippen LogP contribution in [0.1, 0.15) is 77.3 Å². The highest BCUT2D eigenvalue weighted by Crippen LogP contribution is 2.39. The maximum atomic E-state index is 6.52. The lowest BCUT2D eigenvalue weighted by Gasteiger charge is -2.32. The predicted octanol–water partition coefficient (Wildman–Crippen LogP) is 6.21. The van der Waals surface area contributed by atoms with Crippen LogP contribution < -0.4 is 4.90 Å². The van der Waals surface area contributed by atoms with Crippen LogP contribution >= 0.6 is 11.6 Å². The van der Waals surface area contributed by atoms with Gasteiger partial charge >= 0.3 is 0 Å². The lowest BCUT2D eigenvalue weighted by molar-refractivity contribution is 0.719. The van der Waals surface area contributed by atoms with Gasteiger partial charge in [0.05, 0.1) is 0 Å². The fourth-order valence-corrected chi connectivity index (χ4v) is 3.21. The summed E-state index contributed by atoms with van der Waals surface area (Å²) in [7, 11) is 0. The van der Waals surface area contributed by atoms with Gasteiger partial charge in [0.2, 0.25) is 0 Å². The van der Waals surface area contributed by atoms with E-state index in [1.54, 1.807) is 0 Å². The van der Waals surface area contributed by atoms with Gasteiger partial charge in [-0.25, -0.2) is 0 Å². The molecule has 1 nitrogen and oxygen atoms in total. The van der Waals surface area contributed by atoms with E-state index in [0.29, 0.717) is 11.8 Å². The van der Waals surface area contributed by atoms with Crippen molar-refractivity contribution in [2.75, 3.05) is 18.0 Å². The average molecular weight is 296 g/mol. The molecule has 2 heteroatoms. The summed E-state index contributed by atoms with van der Waals surface area (Å²) in [5, 5.41) is 0.914. The molecule has 114 valence electrons. The highest BCUT2D eigenvalue weighted by Gasteiger charge is 2.21. The van der Waals surface area contributed by atoms with Crippen molar-refractivity contribution >= 4 is 17.3 Å². The van der Waals surface area contributed by atoms with Crippen molar-refractivity contribution in [1.29, 1.82) is 0 Å². The maximum Gasteiger partial charge on any atom is 0.0461 e. The van der Waals surface area contributed by atoms with Crippen LogP contribution in [0.4, 0.5) is 5.69 Å². The first-order chi connectivity index (χ1) is 9.43. The van der Waals surface area contributed by atoms with Crippen molar-refractivity contribution in [3.63, 3.8) is 0 Å². The largest absolute Gasteiger partial charge is 0.371 e. The number of nitrogens with zero attached hydrogens (tertiary/aromatic N) is 1. The Bertz CT molecular complexity index is 418. The van der Waals surface area contributed by atoms with E-state index in [9.17, 15) is 0 Å². The smallest absolute Gasteiger partial charge is 0.0461 e. The molecule has 0 aliphatic rings. The number of halogens is 1. The van der Waals surface area contributed by atoms with Gasteiger partial charge in [-0.15, -0.1) is 0 Å². The number of anilines is 1. The zero-order chi connectivity index (χ0) is 15.3. The molecule has 0 amide bonds. The average Bonchev–Trinajstić information content (AvgIpc) is 2.37. The van der Waals surface area contributed by atoms with Gasteiger partial charge in [0.25, 0.3) is 0 Å². The van der Waals surface area contributed by atoms with Crippen molar-refractivity contribution in [1.82, 2.24) is 0 Å². The van der Waals surface area contributed by atoms with Crippen LogP contribution in [-0.4, -0.2) is 13.1 Å². The van der Waals surface area contributed by atoms with E-state index in [-0.39, 0.29) is 0 Å². The molecule has 0 aliphatic carbocycles. The number of hydrogen-bond acceptors (Lipinski definition) is 1. The fraction of sp³-hybridized carbons (Fsp3) is 0.667. The fourth-order valence-electron chi connectivity index (χ4n) is 2.84. The topological polar surface area (TPSA) is 3.24 Å². The van der Waals surface area contributed by atoms with Crippen LogP contribution in [0.25, 0.3) is 0 Å². The number of benzene rings is 1. The Morgan fingerprint density at radius 2 is 1.50 bits per heavy atom. The zero-order valence-electron chi connectivity index (χ0n) is 14.0. The lowest BCUT2D eigenvalue weighted by Crippen LogP contribution is -2.28. The molecular formula is C18H30ClN. The van der Waals surface area contributed by atoms with Crippen molar-refractivity contribution in [2.45, 2.75) is 66.2 Å². The quantitative estimate of drug-likeness (QED) is 0.578. The van der Waals surface area contributed by atoms with Gasteiger partial charge in [0.15, 0.2) is 0 Å². The van der Waals surface area contributed by atoms with Crippen molar-refractivity contribution in [2.24, 2.45) is 0 Å². The molecule has 1 aromatic rings. The van der Waals surface area contributed by atoms with Crippen LogP contribution in [0, 0.1) is 0 Å². The zero-order valence-corrected chi connectivity index (χ0v) is 14.7. The molecule has 0 bridgehead atoms. The first kappa shape index (κ1) is 17.4. The second-order valence-corrected chi connectivity index (χ2v) is 6.60. The Kier molecular flexibility index (Phi) is 6.88. The molecule has 0 aromatic heterocycles. The van der Waals surface area contributed by atoms with Crippen molar-refractivity contribution in [3.05, 3.63) is 28.3 Å². The maximum absolute atomic E-state index is 6.52. The van der Waals surface area contributed by atoms with E-state index in [1.165, 1.54) is 29.7 Å². The molecule has 0 unspecified atom stereocenters. The van der Waals surface area contributed by atoms with Gasteiger partial charge in [-0.05, 0) is 41.9 Å². The van der Waals surface area contributed by atoms with Crippen LogP contribution in [0.5, 0.6) is 0 Å². The molecule has 1 aromatic carbocycles. The van der Waals surface area contributed by atoms with Crippen molar-refractivity contribution in [3.8, 4) is 0 Å². The summed E-state index contributed by atoms with van der Waals surface area (Å²) in [5.74, 6) is 0.975. The number of hydrogen-bond donors (Lipinski definition) is 0. The normalized spacial score (nSPS) is 11.4. The Morgan fingerprint density at radius 3 is 1.90 bits per heavy atom.